The fourth-order valence-corrected chi connectivity index (χ4v) is 4.46. The molecule has 144 valence electrons. The Morgan fingerprint density at radius 3 is 2.74 bits per heavy atom. The smallest absolute Gasteiger partial charge is 0.234 e. The van der Waals surface area contributed by atoms with Crippen LogP contribution >= 0.6 is 0 Å². The maximum atomic E-state index is 12.5. The Balaban J connectivity index is 1.27. The Morgan fingerprint density at radius 2 is 2.00 bits per heavy atom. The van der Waals surface area contributed by atoms with Gasteiger partial charge >= 0.3 is 0 Å². The van der Waals surface area contributed by atoms with Gasteiger partial charge in [-0.2, -0.15) is 0 Å². The molecule has 1 saturated heterocycles. The van der Waals surface area contributed by atoms with Crippen molar-refractivity contribution in [3.63, 3.8) is 0 Å². The Kier molecular flexibility index (Phi) is 5.58. The number of rotatable bonds is 5. The average Bonchev–Trinajstić information content (AvgIpc) is 3.23. The van der Waals surface area contributed by atoms with E-state index in [9.17, 15) is 4.79 Å². The quantitative estimate of drug-likeness (QED) is 0.883. The summed E-state index contributed by atoms with van der Waals surface area (Å²) in [6.45, 7) is 4.51. The topological polar surface area (TPSA) is 50.2 Å². The minimum atomic E-state index is 0.0632. The van der Waals surface area contributed by atoms with E-state index in [1.54, 1.807) is 0 Å². The number of aryl methyl sites for hydroxylation is 2. The summed E-state index contributed by atoms with van der Waals surface area (Å²) in [7, 11) is 0. The Hall–Kier alpha value is -2.14. The lowest BCUT2D eigenvalue weighted by Crippen LogP contribution is -2.42. The van der Waals surface area contributed by atoms with Crippen LogP contribution in [0, 0.1) is 0 Å². The normalized spacial score (nSPS) is 19.4. The molecule has 1 aliphatic carbocycles. The summed E-state index contributed by atoms with van der Waals surface area (Å²) < 4.78 is 2.19. The molecule has 0 bridgehead atoms. The molecule has 1 N–H and O–H groups in total. The van der Waals surface area contributed by atoms with Crippen molar-refractivity contribution in [2.45, 2.75) is 57.5 Å². The molecule has 2 heterocycles. The molecule has 0 saturated carbocycles. The standard InChI is InChI=1S/C22H30N4O/c1-17(19-7-6-18-4-2-3-5-20(18)14-19)24-22(27)15-25-11-8-21(9-12-25)26-13-10-23-16-26/h6-7,10,13-14,16-17,21H,2-5,8-9,11-12,15H2,1H3,(H,24,27). The molecule has 27 heavy (non-hydrogen) atoms. The lowest BCUT2D eigenvalue weighted by atomic mass is 9.89. The van der Waals surface area contributed by atoms with Crippen LogP contribution in [0.25, 0.3) is 0 Å². The molecule has 0 spiro atoms. The molecule has 5 nitrogen and oxygen atoms in total. The second-order valence-corrected chi connectivity index (χ2v) is 8.04. The van der Waals surface area contributed by atoms with Crippen LogP contribution in [-0.2, 0) is 17.6 Å². The maximum Gasteiger partial charge on any atom is 0.234 e. The number of nitrogens with one attached hydrogen (secondary N) is 1. The Bertz CT molecular complexity index is 763. The van der Waals surface area contributed by atoms with E-state index in [0.717, 1.165) is 25.9 Å². The lowest BCUT2D eigenvalue weighted by Gasteiger charge is -2.32. The van der Waals surface area contributed by atoms with Gasteiger partial charge in [-0.25, -0.2) is 4.98 Å². The molecule has 1 aliphatic heterocycles. The van der Waals surface area contributed by atoms with Crippen LogP contribution < -0.4 is 5.32 Å². The second kappa shape index (κ2) is 8.26. The van der Waals surface area contributed by atoms with Gasteiger partial charge in [0.25, 0.3) is 0 Å². The van der Waals surface area contributed by atoms with Gasteiger partial charge in [-0.05, 0) is 62.1 Å². The van der Waals surface area contributed by atoms with Crippen molar-refractivity contribution in [1.82, 2.24) is 19.8 Å². The van der Waals surface area contributed by atoms with Gasteiger partial charge in [0.2, 0.25) is 5.91 Å². The predicted molar refractivity (Wildman–Crippen MR) is 107 cm³/mol. The average molecular weight is 367 g/mol. The molecule has 5 heteroatoms. The number of hydrogen-bond acceptors (Lipinski definition) is 3. The molecule has 1 amide bonds. The van der Waals surface area contributed by atoms with E-state index >= 15 is 0 Å². The van der Waals surface area contributed by atoms with Gasteiger partial charge in [0.15, 0.2) is 0 Å². The van der Waals surface area contributed by atoms with Gasteiger partial charge in [0.1, 0.15) is 0 Å². The summed E-state index contributed by atoms with van der Waals surface area (Å²) in [4.78, 5) is 18.9. The zero-order valence-electron chi connectivity index (χ0n) is 16.2. The summed E-state index contributed by atoms with van der Waals surface area (Å²) in [5.41, 5.74) is 4.19. The van der Waals surface area contributed by atoms with Crippen LogP contribution in [0.2, 0.25) is 0 Å². The number of likely N-dealkylation sites (tertiary alicyclic amines) is 1. The van der Waals surface area contributed by atoms with E-state index in [1.807, 2.05) is 18.7 Å². The van der Waals surface area contributed by atoms with Crippen LogP contribution in [0.5, 0.6) is 0 Å². The van der Waals surface area contributed by atoms with E-state index in [4.69, 9.17) is 0 Å². The van der Waals surface area contributed by atoms with Crippen molar-refractivity contribution < 1.29 is 4.79 Å². The van der Waals surface area contributed by atoms with Gasteiger partial charge in [0, 0.05) is 31.5 Å². The van der Waals surface area contributed by atoms with E-state index in [-0.39, 0.29) is 11.9 Å². The van der Waals surface area contributed by atoms with Crippen molar-refractivity contribution >= 4 is 5.91 Å². The van der Waals surface area contributed by atoms with Crippen LogP contribution in [-0.4, -0.2) is 40.0 Å². The molecule has 2 aliphatic rings. The summed E-state index contributed by atoms with van der Waals surface area (Å²) >= 11 is 0. The molecular weight excluding hydrogens is 336 g/mol. The number of benzene rings is 1. The largest absolute Gasteiger partial charge is 0.348 e. The van der Waals surface area contributed by atoms with Crippen molar-refractivity contribution in [2.75, 3.05) is 19.6 Å². The fraction of sp³-hybridized carbons (Fsp3) is 0.545. The number of carbonyl (C=O) groups excluding carboxylic acids is 1. The first-order valence-corrected chi connectivity index (χ1v) is 10.3. The number of carbonyl (C=O) groups is 1. The molecule has 1 aromatic heterocycles. The molecule has 0 radical (unpaired) electrons. The summed E-state index contributed by atoms with van der Waals surface area (Å²) in [5.74, 6) is 0.126. The molecule has 1 fully saturated rings. The molecule has 4 rings (SSSR count). The summed E-state index contributed by atoms with van der Waals surface area (Å²) in [6, 6.07) is 7.32. The van der Waals surface area contributed by atoms with Gasteiger partial charge in [-0.3, -0.25) is 9.69 Å². The highest BCUT2D eigenvalue weighted by molar-refractivity contribution is 5.78. The first-order valence-electron chi connectivity index (χ1n) is 10.3. The predicted octanol–water partition coefficient (Wildman–Crippen LogP) is 3.28. The van der Waals surface area contributed by atoms with E-state index < -0.39 is 0 Å². The molecule has 1 aromatic carbocycles. The first-order chi connectivity index (χ1) is 13.2. The molecule has 1 atom stereocenters. The monoisotopic (exact) mass is 366 g/mol. The van der Waals surface area contributed by atoms with Crippen LogP contribution in [0.3, 0.4) is 0 Å². The van der Waals surface area contributed by atoms with Gasteiger partial charge < -0.3 is 9.88 Å². The maximum absolute atomic E-state index is 12.5. The number of imidazole rings is 1. The first kappa shape index (κ1) is 18.2. The minimum Gasteiger partial charge on any atom is -0.348 e. The third-order valence-electron chi connectivity index (χ3n) is 6.12. The van der Waals surface area contributed by atoms with Crippen molar-refractivity contribution in [3.05, 3.63) is 53.6 Å². The molecule has 2 aromatic rings. The zero-order chi connectivity index (χ0) is 18.6. The minimum absolute atomic E-state index is 0.0632. The highest BCUT2D eigenvalue weighted by atomic mass is 16.2. The fourth-order valence-electron chi connectivity index (χ4n) is 4.46. The Labute approximate surface area is 161 Å². The highest BCUT2D eigenvalue weighted by Crippen LogP contribution is 2.25. The van der Waals surface area contributed by atoms with Crippen LogP contribution in [0.15, 0.2) is 36.9 Å². The summed E-state index contributed by atoms with van der Waals surface area (Å²) in [5, 5.41) is 3.19. The SMILES string of the molecule is CC(NC(=O)CN1CCC(n2ccnc2)CC1)c1ccc2c(c1)CCCC2. The van der Waals surface area contributed by atoms with E-state index in [0.29, 0.717) is 12.6 Å². The number of hydrogen-bond donors (Lipinski definition) is 1. The van der Waals surface area contributed by atoms with Crippen LogP contribution in [0.1, 0.15) is 61.4 Å². The van der Waals surface area contributed by atoms with Gasteiger partial charge in [-0.1, -0.05) is 18.2 Å². The van der Waals surface area contributed by atoms with Gasteiger partial charge in [-0.15, -0.1) is 0 Å². The lowest BCUT2D eigenvalue weighted by molar-refractivity contribution is -0.123. The van der Waals surface area contributed by atoms with Crippen molar-refractivity contribution in [2.24, 2.45) is 0 Å². The Morgan fingerprint density at radius 1 is 1.22 bits per heavy atom. The summed E-state index contributed by atoms with van der Waals surface area (Å²) in [6.07, 6.45) is 12.9. The third-order valence-corrected chi connectivity index (χ3v) is 6.12. The van der Waals surface area contributed by atoms with E-state index in [1.165, 1.54) is 42.4 Å². The number of aromatic nitrogens is 2. The number of piperidine rings is 1. The second-order valence-electron chi connectivity index (χ2n) is 8.04. The third kappa shape index (κ3) is 4.41. The van der Waals surface area contributed by atoms with E-state index in [2.05, 4.69) is 44.9 Å². The number of fused-ring (bicyclic) bond motifs is 1. The van der Waals surface area contributed by atoms with Crippen molar-refractivity contribution in [1.29, 1.82) is 0 Å². The van der Waals surface area contributed by atoms with Gasteiger partial charge in [0.05, 0.1) is 18.9 Å². The molecule has 1 unspecified atom stereocenters. The molecular formula is C22H30N4O. The number of nitrogens with zero attached hydrogens (tertiary/aromatic N) is 3. The van der Waals surface area contributed by atoms with Crippen LogP contribution in [0.4, 0.5) is 0 Å². The number of amides is 1. The zero-order valence-corrected chi connectivity index (χ0v) is 16.2. The highest BCUT2D eigenvalue weighted by Gasteiger charge is 2.22. The van der Waals surface area contributed by atoms with Crippen molar-refractivity contribution in [3.8, 4) is 0 Å².